The van der Waals surface area contributed by atoms with Crippen LogP contribution in [0.4, 0.5) is 8.78 Å². The quantitative estimate of drug-likeness (QED) is 0.873. The normalized spacial score (nSPS) is 10.4. The van der Waals surface area contributed by atoms with E-state index < -0.39 is 11.6 Å². The number of rotatable bonds is 3. The summed E-state index contributed by atoms with van der Waals surface area (Å²) in [6.45, 7) is 0.231. The molecular formula is C11H9F2NO2. The molecule has 3 nitrogen and oxygen atoms in total. The molecule has 0 atom stereocenters. The fourth-order valence-electron chi connectivity index (χ4n) is 1.19. The predicted octanol–water partition coefficient (Wildman–Crippen LogP) is 2.81. The minimum Gasteiger partial charge on any atom is -0.429 e. The number of ether oxygens (including phenoxy) is 1. The van der Waals surface area contributed by atoms with E-state index in [4.69, 9.17) is 14.9 Å². The summed E-state index contributed by atoms with van der Waals surface area (Å²) in [6, 6.07) is 6.17. The lowest BCUT2D eigenvalue weighted by molar-refractivity contribution is 0.320. The average molecular weight is 225 g/mol. The Labute approximate surface area is 90.4 Å². The Morgan fingerprint density at radius 1 is 1.19 bits per heavy atom. The van der Waals surface area contributed by atoms with E-state index >= 15 is 0 Å². The molecule has 0 unspecified atom stereocenters. The fourth-order valence-corrected chi connectivity index (χ4v) is 1.19. The van der Waals surface area contributed by atoms with Gasteiger partial charge in [0.2, 0.25) is 0 Å². The third-order valence-electron chi connectivity index (χ3n) is 1.94. The summed E-state index contributed by atoms with van der Waals surface area (Å²) in [5, 5.41) is 0. The van der Waals surface area contributed by atoms with Crippen molar-refractivity contribution in [2.45, 2.75) is 6.54 Å². The third kappa shape index (κ3) is 2.20. The molecule has 0 aliphatic carbocycles. The highest BCUT2D eigenvalue weighted by atomic mass is 19.1. The summed E-state index contributed by atoms with van der Waals surface area (Å²) in [5.41, 5.74) is 5.33. The van der Waals surface area contributed by atoms with Crippen molar-refractivity contribution < 1.29 is 17.9 Å². The Bertz CT molecular complexity index is 496. The van der Waals surface area contributed by atoms with Crippen molar-refractivity contribution in [1.82, 2.24) is 0 Å². The topological polar surface area (TPSA) is 48.4 Å². The van der Waals surface area contributed by atoms with Crippen LogP contribution in [-0.4, -0.2) is 0 Å². The summed E-state index contributed by atoms with van der Waals surface area (Å²) in [5.74, 6) is -0.902. The first kappa shape index (κ1) is 10.6. The lowest BCUT2D eigenvalue weighted by Gasteiger charge is -2.02. The maximum absolute atomic E-state index is 13.2. The van der Waals surface area contributed by atoms with Crippen LogP contribution in [0.15, 0.2) is 34.7 Å². The van der Waals surface area contributed by atoms with Gasteiger partial charge in [0.1, 0.15) is 11.6 Å². The molecule has 1 aromatic carbocycles. The van der Waals surface area contributed by atoms with E-state index in [-0.39, 0.29) is 18.2 Å². The SMILES string of the molecule is NCc1ccc(Oc2ccc(F)cc2F)o1. The van der Waals surface area contributed by atoms with E-state index in [0.29, 0.717) is 5.76 Å². The molecule has 1 heterocycles. The van der Waals surface area contributed by atoms with Crippen molar-refractivity contribution in [3.05, 3.63) is 47.7 Å². The molecular weight excluding hydrogens is 216 g/mol. The van der Waals surface area contributed by atoms with Gasteiger partial charge in [-0.1, -0.05) is 0 Å². The van der Waals surface area contributed by atoms with Gasteiger partial charge in [0, 0.05) is 12.1 Å². The van der Waals surface area contributed by atoms with Crippen LogP contribution >= 0.6 is 0 Å². The Morgan fingerprint density at radius 3 is 2.62 bits per heavy atom. The maximum Gasteiger partial charge on any atom is 0.290 e. The molecule has 0 saturated heterocycles. The smallest absolute Gasteiger partial charge is 0.290 e. The highest BCUT2D eigenvalue weighted by Gasteiger charge is 2.08. The van der Waals surface area contributed by atoms with Crippen LogP contribution in [0, 0.1) is 11.6 Å². The van der Waals surface area contributed by atoms with Crippen LogP contribution in [-0.2, 0) is 6.54 Å². The summed E-state index contributed by atoms with van der Waals surface area (Å²) in [7, 11) is 0. The van der Waals surface area contributed by atoms with Crippen LogP contribution in [0.25, 0.3) is 0 Å². The molecule has 0 radical (unpaired) electrons. The molecule has 16 heavy (non-hydrogen) atoms. The summed E-state index contributed by atoms with van der Waals surface area (Å²) < 4.78 is 36.0. The molecule has 5 heteroatoms. The number of benzene rings is 1. The molecule has 1 aromatic heterocycles. The summed E-state index contributed by atoms with van der Waals surface area (Å²) in [6.07, 6.45) is 0. The molecule has 2 N–H and O–H groups in total. The number of hydrogen-bond donors (Lipinski definition) is 1. The van der Waals surface area contributed by atoms with Crippen molar-refractivity contribution in [3.8, 4) is 11.7 Å². The monoisotopic (exact) mass is 225 g/mol. The second kappa shape index (κ2) is 4.32. The van der Waals surface area contributed by atoms with Crippen LogP contribution in [0.1, 0.15) is 5.76 Å². The Hall–Kier alpha value is -1.88. The predicted molar refractivity (Wildman–Crippen MR) is 53.0 cm³/mol. The molecule has 2 rings (SSSR count). The van der Waals surface area contributed by atoms with Gasteiger partial charge in [-0.3, -0.25) is 0 Å². The van der Waals surface area contributed by atoms with E-state index in [1.54, 1.807) is 6.07 Å². The lowest BCUT2D eigenvalue weighted by atomic mass is 10.3. The van der Waals surface area contributed by atoms with E-state index in [1.807, 2.05) is 0 Å². The first-order valence-electron chi connectivity index (χ1n) is 4.60. The van der Waals surface area contributed by atoms with Crippen molar-refractivity contribution >= 4 is 0 Å². The third-order valence-corrected chi connectivity index (χ3v) is 1.94. The summed E-state index contributed by atoms with van der Waals surface area (Å²) in [4.78, 5) is 0. The molecule has 0 fully saturated rings. The van der Waals surface area contributed by atoms with Crippen molar-refractivity contribution in [2.24, 2.45) is 5.73 Å². The summed E-state index contributed by atoms with van der Waals surface area (Å²) >= 11 is 0. The van der Waals surface area contributed by atoms with Gasteiger partial charge in [-0.2, -0.15) is 0 Å². The molecule has 0 saturated carbocycles. The number of furan rings is 1. The zero-order chi connectivity index (χ0) is 11.5. The van der Waals surface area contributed by atoms with Gasteiger partial charge in [0.15, 0.2) is 11.6 Å². The van der Waals surface area contributed by atoms with Gasteiger partial charge >= 0.3 is 0 Å². The number of hydrogen-bond acceptors (Lipinski definition) is 3. The Kier molecular flexibility index (Phi) is 2.87. The van der Waals surface area contributed by atoms with Crippen molar-refractivity contribution in [3.63, 3.8) is 0 Å². The molecule has 84 valence electrons. The van der Waals surface area contributed by atoms with Gasteiger partial charge in [0.25, 0.3) is 5.95 Å². The number of nitrogens with two attached hydrogens (primary N) is 1. The van der Waals surface area contributed by atoms with E-state index in [2.05, 4.69) is 0 Å². The molecule has 0 aliphatic rings. The molecule has 0 amide bonds. The van der Waals surface area contributed by atoms with Gasteiger partial charge in [-0.25, -0.2) is 8.78 Å². The van der Waals surface area contributed by atoms with E-state index in [0.717, 1.165) is 12.1 Å². The Balaban J connectivity index is 2.20. The van der Waals surface area contributed by atoms with Crippen molar-refractivity contribution in [1.29, 1.82) is 0 Å². The highest BCUT2D eigenvalue weighted by molar-refractivity contribution is 5.28. The van der Waals surface area contributed by atoms with E-state index in [9.17, 15) is 8.78 Å². The minimum atomic E-state index is -0.786. The van der Waals surface area contributed by atoms with E-state index in [1.165, 1.54) is 12.1 Å². The molecule has 0 aliphatic heterocycles. The maximum atomic E-state index is 13.2. The molecule has 0 bridgehead atoms. The van der Waals surface area contributed by atoms with Crippen LogP contribution in [0.2, 0.25) is 0 Å². The fraction of sp³-hybridized carbons (Fsp3) is 0.0909. The van der Waals surface area contributed by atoms with Gasteiger partial charge in [-0.15, -0.1) is 0 Å². The van der Waals surface area contributed by atoms with Gasteiger partial charge < -0.3 is 14.9 Å². The zero-order valence-electron chi connectivity index (χ0n) is 8.24. The molecule has 0 spiro atoms. The highest BCUT2D eigenvalue weighted by Crippen LogP contribution is 2.26. The zero-order valence-corrected chi connectivity index (χ0v) is 8.24. The standard InChI is InChI=1S/C11H9F2NO2/c12-7-1-3-10(9(13)5-7)16-11-4-2-8(6-14)15-11/h1-5H,6,14H2. The molecule has 2 aromatic rings. The Morgan fingerprint density at radius 2 is 2.00 bits per heavy atom. The first-order valence-corrected chi connectivity index (χ1v) is 4.60. The van der Waals surface area contributed by atoms with Gasteiger partial charge in [-0.05, 0) is 18.2 Å². The average Bonchev–Trinajstić information content (AvgIpc) is 2.70. The van der Waals surface area contributed by atoms with Gasteiger partial charge in [0.05, 0.1) is 6.54 Å². The lowest BCUT2D eigenvalue weighted by Crippen LogP contribution is -1.92. The van der Waals surface area contributed by atoms with Crippen LogP contribution in [0.5, 0.6) is 11.7 Å². The van der Waals surface area contributed by atoms with Crippen LogP contribution < -0.4 is 10.5 Å². The van der Waals surface area contributed by atoms with Crippen LogP contribution in [0.3, 0.4) is 0 Å². The second-order valence-electron chi connectivity index (χ2n) is 3.10. The first-order chi connectivity index (χ1) is 7.69. The minimum absolute atomic E-state index is 0.0979. The van der Waals surface area contributed by atoms with Crippen molar-refractivity contribution in [2.75, 3.05) is 0 Å². The largest absolute Gasteiger partial charge is 0.429 e. The second-order valence-corrected chi connectivity index (χ2v) is 3.10. The number of halogens is 2.